The van der Waals surface area contributed by atoms with Gasteiger partial charge < -0.3 is 29.6 Å². The largest absolute Gasteiger partial charge is 0.497 e. The predicted molar refractivity (Wildman–Crippen MR) is 263 cm³/mol. The van der Waals surface area contributed by atoms with E-state index in [0.29, 0.717) is 49.1 Å². The average molecular weight is 951 g/mol. The monoisotopic (exact) mass is 949 g/mol. The summed E-state index contributed by atoms with van der Waals surface area (Å²) in [6.07, 6.45) is 6.24. The SMILES string of the molecule is COc1ccc(C(=O)/C=C/c2ccc(OCc3ccc(CNC(=O)CCNC(=O)C4CCCCN4Cc4ccc(OCc5cccc(-c6ccccc6)c5C)c(Br)c4)cc3)c(OC)c2)cc1. The fraction of sp³-hybridized carbons (Fsp3) is 0.255. The molecule has 6 aromatic carbocycles. The number of amides is 2. The molecule has 1 heterocycles. The van der Waals surface area contributed by atoms with Crippen molar-refractivity contribution >= 4 is 39.6 Å². The number of halogens is 1. The number of likely N-dealkylation sites (tertiary alicyclic amines) is 1. The molecule has 0 spiro atoms. The van der Waals surface area contributed by atoms with E-state index in [1.165, 1.54) is 22.8 Å². The smallest absolute Gasteiger partial charge is 0.237 e. The number of carbonyl (C=O) groups is 3. The lowest BCUT2D eigenvalue weighted by molar-refractivity contribution is -0.128. The molecule has 0 aromatic heterocycles. The van der Waals surface area contributed by atoms with Crippen molar-refractivity contribution < 1.29 is 33.3 Å². The number of hydrogen-bond donors (Lipinski definition) is 2. The number of ether oxygens (including phenoxy) is 4. The Morgan fingerprint density at radius 3 is 2.23 bits per heavy atom. The lowest BCUT2D eigenvalue weighted by Gasteiger charge is -2.34. The highest BCUT2D eigenvalue weighted by Crippen LogP contribution is 2.32. The van der Waals surface area contributed by atoms with Crippen molar-refractivity contribution in [3.05, 3.63) is 183 Å². The first-order valence-electron chi connectivity index (χ1n) is 22.3. The number of rotatable bonds is 20. The van der Waals surface area contributed by atoms with Crippen molar-refractivity contribution in [1.82, 2.24) is 15.5 Å². The van der Waals surface area contributed by atoms with Gasteiger partial charge in [-0.15, -0.1) is 0 Å². The standard InChI is InChI=1S/C55H56BrN3O7/c1-38-45(12-9-13-47(38)43-10-5-4-6-11-43)37-66-51-27-21-42(32-48(51)56)35-59-31-8-7-14-49(59)55(62)57-30-29-54(61)58-34-40-15-17-41(18-16-40)36-65-52-28-20-39(33-53(52)64-3)19-26-50(60)44-22-24-46(63-2)25-23-44/h4-6,9-13,15-28,32-33,49H,7-8,14,29-31,34-37H2,1-3H3,(H,57,62)(H,58,61)/b26-19+. The second-order valence-electron chi connectivity index (χ2n) is 16.3. The molecule has 1 fully saturated rings. The van der Waals surface area contributed by atoms with Crippen LogP contribution in [0.2, 0.25) is 0 Å². The average Bonchev–Trinajstić information content (AvgIpc) is 3.35. The number of ketones is 1. The number of carbonyl (C=O) groups excluding carboxylic acids is 3. The van der Waals surface area contributed by atoms with Crippen LogP contribution in [-0.2, 0) is 35.9 Å². The van der Waals surface area contributed by atoms with Gasteiger partial charge in [0.05, 0.1) is 24.7 Å². The van der Waals surface area contributed by atoms with Crippen LogP contribution in [0.4, 0.5) is 0 Å². The van der Waals surface area contributed by atoms with E-state index in [9.17, 15) is 14.4 Å². The van der Waals surface area contributed by atoms with Crippen molar-refractivity contribution in [1.29, 1.82) is 0 Å². The quantitative estimate of drug-likeness (QED) is 0.0574. The van der Waals surface area contributed by atoms with E-state index in [4.69, 9.17) is 18.9 Å². The summed E-state index contributed by atoms with van der Waals surface area (Å²) in [4.78, 5) is 41.1. The fourth-order valence-electron chi connectivity index (χ4n) is 7.95. The van der Waals surface area contributed by atoms with E-state index in [1.54, 1.807) is 44.6 Å². The van der Waals surface area contributed by atoms with Crippen molar-refractivity contribution in [2.75, 3.05) is 27.3 Å². The summed E-state index contributed by atoms with van der Waals surface area (Å²) >= 11 is 3.73. The van der Waals surface area contributed by atoms with Gasteiger partial charge in [0.15, 0.2) is 17.3 Å². The van der Waals surface area contributed by atoms with E-state index in [-0.39, 0.29) is 36.6 Å². The van der Waals surface area contributed by atoms with Crippen LogP contribution in [0, 0.1) is 6.92 Å². The van der Waals surface area contributed by atoms with Gasteiger partial charge in [0.2, 0.25) is 11.8 Å². The number of nitrogens with zero attached hydrogens (tertiary/aromatic N) is 1. The summed E-state index contributed by atoms with van der Waals surface area (Å²) in [6, 6.07) is 42.9. The molecule has 2 N–H and O–H groups in total. The van der Waals surface area contributed by atoms with Crippen molar-refractivity contribution in [2.24, 2.45) is 0 Å². The Kier molecular flexibility index (Phi) is 16.8. The summed E-state index contributed by atoms with van der Waals surface area (Å²) in [7, 11) is 3.16. The highest BCUT2D eigenvalue weighted by atomic mass is 79.9. The summed E-state index contributed by atoms with van der Waals surface area (Å²) in [5.74, 6) is 2.29. The number of allylic oxidation sites excluding steroid dienone is 1. The molecule has 1 atom stereocenters. The first-order chi connectivity index (χ1) is 32.2. The highest BCUT2D eigenvalue weighted by Gasteiger charge is 2.29. The third kappa shape index (κ3) is 13.0. The number of hydrogen-bond acceptors (Lipinski definition) is 8. The molecule has 340 valence electrons. The minimum atomic E-state index is -0.260. The molecule has 0 saturated carbocycles. The number of nitrogens with one attached hydrogen (secondary N) is 2. The molecule has 2 amide bonds. The molecule has 1 unspecified atom stereocenters. The van der Waals surface area contributed by atoms with Crippen LogP contribution in [0.15, 0.2) is 144 Å². The zero-order chi connectivity index (χ0) is 46.3. The Hall–Kier alpha value is -6.69. The van der Waals surface area contributed by atoms with Crippen LogP contribution in [0.1, 0.15) is 69.4 Å². The summed E-state index contributed by atoms with van der Waals surface area (Å²) in [6.45, 7) is 5.00. The molecule has 6 aromatic rings. The normalized spacial score (nSPS) is 13.8. The maximum atomic E-state index is 13.4. The molecule has 1 saturated heterocycles. The Morgan fingerprint density at radius 2 is 1.47 bits per heavy atom. The van der Waals surface area contributed by atoms with Gasteiger partial charge in [0.1, 0.15) is 24.7 Å². The first kappa shape index (κ1) is 47.3. The van der Waals surface area contributed by atoms with Gasteiger partial charge in [-0.2, -0.15) is 0 Å². The molecule has 0 bridgehead atoms. The Balaban J connectivity index is 0.820. The fourth-order valence-corrected chi connectivity index (χ4v) is 8.49. The molecule has 66 heavy (non-hydrogen) atoms. The van der Waals surface area contributed by atoms with Crippen molar-refractivity contribution in [2.45, 2.75) is 65.0 Å². The summed E-state index contributed by atoms with van der Waals surface area (Å²) < 4.78 is 24.0. The maximum Gasteiger partial charge on any atom is 0.237 e. The number of benzene rings is 6. The second-order valence-corrected chi connectivity index (χ2v) is 17.1. The van der Waals surface area contributed by atoms with Gasteiger partial charge in [0.25, 0.3) is 0 Å². The minimum Gasteiger partial charge on any atom is -0.497 e. The Morgan fingerprint density at radius 1 is 0.727 bits per heavy atom. The lowest BCUT2D eigenvalue weighted by atomic mass is 9.97. The van der Waals surface area contributed by atoms with Crippen LogP contribution < -0.4 is 29.6 Å². The number of methoxy groups -OCH3 is 2. The van der Waals surface area contributed by atoms with Gasteiger partial charge in [-0.3, -0.25) is 19.3 Å². The summed E-state index contributed by atoms with van der Waals surface area (Å²) in [5, 5.41) is 5.99. The number of piperidine rings is 1. The third-order valence-corrected chi connectivity index (χ3v) is 12.4. The zero-order valence-electron chi connectivity index (χ0n) is 37.7. The van der Waals surface area contributed by atoms with E-state index < -0.39 is 0 Å². The topological polar surface area (TPSA) is 115 Å². The van der Waals surface area contributed by atoms with E-state index >= 15 is 0 Å². The molecule has 1 aliphatic heterocycles. The van der Waals surface area contributed by atoms with Crippen LogP contribution in [-0.4, -0.2) is 55.8 Å². The van der Waals surface area contributed by atoms with E-state index in [1.807, 2.05) is 54.6 Å². The van der Waals surface area contributed by atoms with Gasteiger partial charge in [-0.25, -0.2) is 0 Å². The highest BCUT2D eigenvalue weighted by molar-refractivity contribution is 9.10. The zero-order valence-corrected chi connectivity index (χ0v) is 39.3. The molecule has 0 aliphatic carbocycles. The molecule has 0 radical (unpaired) electrons. The first-order valence-corrected chi connectivity index (χ1v) is 23.1. The van der Waals surface area contributed by atoms with Gasteiger partial charge >= 0.3 is 0 Å². The third-order valence-electron chi connectivity index (χ3n) is 11.8. The van der Waals surface area contributed by atoms with E-state index in [2.05, 4.69) is 93.0 Å². The van der Waals surface area contributed by atoms with Crippen molar-refractivity contribution in [3.63, 3.8) is 0 Å². The molecule has 10 nitrogen and oxygen atoms in total. The Bertz CT molecular complexity index is 2620. The molecule has 7 rings (SSSR count). The van der Waals surface area contributed by atoms with Crippen LogP contribution in [0.5, 0.6) is 23.0 Å². The van der Waals surface area contributed by atoms with Gasteiger partial charge in [0, 0.05) is 31.6 Å². The molecular weight excluding hydrogens is 895 g/mol. The summed E-state index contributed by atoms with van der Waals surface area (Å²) in [5.41, 5.74) is 9.08. The van der Waals surface area contributed by atoms with Gasteiger partial charge in [-0.1, -0.05) is 97.4 Å². The second kappa shape index (κ2) is 23.5. The molecular formula is C55H56BrN3O7. The van der Waals surface area contributed by atoms with Crippen LogP contribution in [0.25, 0.3) is 17.2 Å². The predicted octanol–water partition coefficient (Wildman–Crippen LogP) is 10.7. The molecule has 1 aliphatic rings. The lowest BCUT2D eigenvalue weighted by Crippen LogP contribution is -2.49. The van der Waals surface area contributed by atoms with Gasteiger partial charge in [-0.05, 0) is 141 Å². The van der Waals surface area contributed by atoms with Crippen molar-refractivity contribution in [3.8, 4) is 34.1 Å². The molecule has 11 heteroatoms. The van der Waals surface area contributed by atoms with Crippen LogP contribution in [0.3, 0.4) is 0 Å². The van der Waals surface area contributed by atoms with E-state index in [0.717, 1.165) is 63.8 Å². The Labute approximate surface area is 396 Å². The minimum absolute atomic E-state index is 0.0462. The van der Waals surface area contributed by atoms with Crippen LogP contribution >= 0.6 is 15.9 Å². The maximum absolute atomic E-state index is 13.4.